The molecule has 252 valence electrons. The molecule has 1 aliphatic heterocycles. The molecule has 1 aliphatic rings. The molecule has 1 fully saturated rings. The third-order valence-corrected chi connectivity index (χ3v) is 14.7. The lowest BCUT2D eigenvalue weighted by molar-refractivity contribution is -0.129. The van der Waals surface area contributed by atoms with Gasteiger partial charge in [-0.1, -0.05) is 35.0 Å². The lowest BCUT2D eigenvalue weighted by atomic mass is 10.1. The largest absolute Gasteiger partial charge is 0.479 e. The molecule has 44 heavy (non-hydrogen) atoms. The summed E-state index contributed by atoms with van der Waals surface area (Å²) in [5.41, 5.74) is 0.119. The van der Waals surface area contributed by atoms with Crippen LogP contribution in [0, 0.1) is 0 Å². The fraction of sp³-hybridized carbons (Fsp3) is 0.706. The summed E-state index contributed by atoms with van der Waals surface area (Å²) < 4.78 is 85.1. The van der Waals surface area contributed by atoms with Gasteiger partial charge < -0.3 is 39.8 Å². The molecule has 2 aromatic heterocycles. The van der Waals surface area contributed by atoms with Crippen LogP contribution in [-0.4, -0.2) is 109 Å². The maximum absolute atomic E-state index is 12.7. The van der Waals surface area contributed by atoms with Crippen molar-refractivity contribution in [3.63, 3.8) is 0 Å². The average molecular weight is 776 g/mol. The quantitative estimate of drug-likeness (QED) is 0.0451. The van der Waals surface area contributed by atoms with E-state index in [-0.39, 0.29) is 22.1 Å². The SMILES string of the molecule is CSCCNc1nc(SCCC(F)(F)F)nc2c1ncn2[C@@H]1O[C@H](COP(=O)(O)OP(=O)(O)C(Cl)(Cl)P(=O)(O)O)C(O)C1O. The molecular formula is C17H25Cl2F3N5O12P3S2. The highest BCUT2D eigenvalue weighted by Gasteiger charge is 2.62. The smallest absolute Gasteiger partial charge is 0.387 e. The molecule has 1 saturated heterocycles. The van der Waals surface area contributed by atoms with Crippen molar-refractivity contribution in [2.24, 2.45) is 0 Å². The number of hydrogen-bond donors (Lipinski definition) is 7. The van der Waals surface area contributed by atoms with E-state index in [2.05, 4.69) is 29.1 Å². The van der Waals surface area contributed by atoms with Crippen LogP contribution in [0.4, 0.5) is 19.0 Å². The van der Waals surface area contributed by atoms with Gasteiger partial charge in [0.25, 0.3) is 0 Å². The fourth-order valence-corrected chi connectivity index (χ4v) is 8.81. The minimum Gasteiger partial charge on any atom is -0.387 e. The first-order chi connectivity index (χ1) is 20.1. The summed E-state index contributed by atoms with van der Waals surface area (Å²) in [6.07, 6.45) is -9.29. The summed E-state index contributed by atoms with van der Waals surface area (Å²) in [5.74, 6) is 0.407. The van der Waals surface area contributed by atoms with Gasteiger partial charge in [0.05, 0.1) is 19.4 Å². The molecule has 0 spiro atoms. The molecule has 0 saturated carbocycles. The number of aliphatic hydroxyl groups is 2. The fourth-order valence-electron chi connectivity index (χ4n) is 3.44. The zero-order valence-corrected chi connectivity index (χ0v) is 27.7. The number of nitrogens with one attached hydrogen (secondary N) is 1. The number of nitrogens with zero attached hydrogens (tertiary/aromatic N) is 4. The van der Waals surface area contributed by atoms with Gasteiger partial charge >= 0.3 is 33.0 Å². The number of alkyl halides is 5. The Hall–Kier alpha value is -0.250. The standard InChI is InChI=1S/C17H25Cl2F3N5O12P3S2/c1-43-5-3-23-12-9-13(26-15(25-12)44-4-2-16(20,21)22)27(7-24-9)14-11(29)10(28)8(38-14)6-37-42(35,36)39-41(33,34)17(18,19)40(30,31)32/h7-8,10-11,14,28-29H,2-6H2,1H3,(H,33,34)(H,35,36)(H,23,25,26)(H2,30,31,32)/t8-,10?,11?,14-/m1/s1. The molecule has 17 nitrogen and oxygen atoms in total. The van der Waals surface area contributed by atoms with Crippen molar-refractivity contribution in [1.29, 1.82) is 0 Å². The predicted octanol–water partition coefficient (Wildman–Crippen LogP) is 2.85. The third kappa shape index (κ3) is 9.21. The van der Waals surface area contributed by atoms with E-state index in [1.807, 2.05) is 6.26 Å². The molecule has 2 aromatic rings. The molecule has 0 bridgehead atoms. The van der Waals surface area contributed by atoms with Crippen LogP contribution in [0.5, 0.6) is 0 Å². The topological polar surface area (TPSA) is 256 Å². The number of aromatic nitrogens is 4. The molecule has 3 heterocycles. The Morgan fingerprint density at radius 2 is 1.77 bits per heavy atom. The Labute approximate surface area is 264 Å². The normalized spacial score (nSPS) is 24.4. The van der Waals surface area contributed by atoms with Crippen LogP contribution in [0.15, 0.2) is 11.5 Å². The average Bonchev–Trinajstić information content (AvgIpc) is 3.41. The predicted molar refractivity (Wildman–Crippen MR) is 153 cm³/mol. The van der Waals surface area contributed by atoms with Crippen LogP contribution >= 0.6 is 69.7 Å². The first-order valence-corrected chi connectivity index (χ1v) is 19.6. The Morgan fingerprint density at radius 3 is 2.36 bits per heavy atom. The van der Waals surface area contributed by atoms with Crippen LogP contribution in [0.1, 0.15) is 12.6 Å². The molecule has 0 radical (unpaired) electrons. The van der Waals surface area contributed by atoms with E-state index >= 15 is 0 Å². The number of imidazole rings is 1. The van der Waals surface area contributed by atoms with Crippen molar-refractivity contribution in [3.8, 4) is 0 Å². The number of rotatable bonds is 15. The number of aliphatic hydroxyl groups excluding tert-OH is 2. The number of fused-ring (bicyclic) bond motifs is 1. The van der Waals surface area contributed by atoms with Crippen molar-refractivity contribution in [2.75, 3.05) is 36.2 Å². The highest BCUT2D eigenvalue weighted by atomic mass is 35.5. The Morgan fingerprint density at radius 1 is 1.11 bits per heavy atom. The number of phosphoric ester groups is 1. The molecule has 0 amide bonds. The molecule has 0 aliphatic carbocycles. The van der Waals surface area contributed by atoms with Crippen LogP contribution in [0.25, 0.3) is 11.2 Å². The summed E-state index contributed by atoms with van der Waals surface area (Å²) >= 11 is 12.6. The number of phosphoric acid groups is 1. The summed E-state index contributed by atoms with van der Waals surface area (Å²) in [6, 6.07) is 0. The molecule has 27 heteroatoms. The first-order valence-electron chi connectivity index (χ1n) is 11.7. The minimum atomic E-state index is -5.97. The molecule has 4 unspecified atom stereocenters. The lowest BCUT2D eigenvalue weighted by Crippen LogP contribution is -2.33. The zero-order chi connectivity index (χ0) is 33.3. The van der Waals surface area contributed by atoms with Crippen LogP contribution in [-0.2, 0) is 27.3 Å². The zero-order valence-electron chi connectivity index (χ0n) is 21.9. The summed E-state index contributed by atoms with van der Waals surface area (Å²) in [6.45, 7) is -0.697. The molecule has 6 atom stereocenters. The van der Waals surface area contributed by atoms with Gasteiger partial charge in [0.2, 0.25) is 0 Å². The van der Waals surface area contributed by atoms with Crippen molar-refractivity contribution in [2.45, 2.75) is 46.1 Å². The number of halogens is 5. The molecule has 7 N–H and O–H groups in total. The highest BCUT2D eigenvalue weighted by Crippen LogP contribution is 2.79. The number of anilines is 1. The van der Waals surface area contributed by atoms with Gasteiger partial charge in [-0.05, 0) is 6.26 Å². The van der Waals surface area contributed by atoms with Crippen LogP contribution < -0.4 is 5.32 Å². The van der Waals surface area contributed by atoms with E-state index < -0.39 is 76.3 Å². The Balaban J connectivity index is 1.82. The Kier molecular flexibility index (Phi) is 12.6. The van der Waals surface area contributed by atoms with Crippen molar-refractivity contribution >= 4 is 86.7 Å². The van der Waals surface area contributed by atoms with Crippen molar-refractivity contribution in [3.05, 3.63) is 6.33 Å². The van der Waals surface area contributed by atoms with Gasteiger partial charge in [-0.3, -0.25) is 18.2 Å². The van der Waals surface area contributed by atoms with Gasteiger partial charge in [0, 0.05) is 18.1 Å². The molecular weight excluding hydrogens is 751 g/mol. The van der Waals surface area contributed by atoms with Crippen molar-refractivity contribution < 1.29 is 70.2 Å². The van der Waals surface area contributed by atoms with Gasteiger partial charge in [0.1, 0.15) is 18.3 Å². The van der Waals surface area contributed by atoms with E-state index in [0.29, 0.717) is 24.1 Å². The summed E-state index contributed by atoms with van der Waals surface area (Å²) in [7, 11) is -17.4. The number of thioether (sulfide) groups is 2. The van der Waals surface area contributed by atoms with E-state index in [0.717, 1.165) is 10.9 Å². The monoisotopic (exact) mass is 775 g/mol. The van der Waals surface area contributed by atoms with E-state index in [1.54, 1.807) is 0 Å². The van der Waals surface area contributed by atoms with Crippen LogP contribution in [0.3, 0.4) is 0 Å². The number of hydrogen-bond acceptors (Lipinski definition) is 14. The second kappa shape index (κ2) is 14.5. The molecule has 3 rings (SSSR count). The number of ether oxygens (including phenoxy) is 1. The molecule has 0 aromatic carbocycles. The van der Waals surface area contributed by atoms with Gasteiger partial charge in [0.15, 0.2) is 28.4 Å². The summed E-state index contributed by atoms with van der Waals surface area (Å²) in [5, 5.41) is 24.1. The van der Waals surface area contributed by atoms with E-state index in [9.17, 15) is 46.9 Å². The highest BCUT2D eigenvalue weighted by molar-refractivity contribution is 7.99. The third-order valence-electron chi connectivity index (χ3n) is 5.53. The maximum Gasteiger partial charge on any atom is 0.479 e. The first kappa shape index (κ1) is 38.2. The minimum absolute atomic E-state index is 0.0191. The van der Waals surface area contributed by atoms with Gasteiger partial charge in [-0.2, -0.15) is 24.9 Å². The Bertz CT molecular complexity index is 1470. The van der Waals surface area contributed by atoms with Gasteiger partial charge in [-0.15, -0.1) is 0 Å². The van der Waals surface area contributed by atoms with Crippen LogP contribution in [0.2, 0.25) is 0 Å². The maximum atomic E-state index is 12.7. The second-order valence-electron chi connectivity index (χ2n) is 8.78. The van der Waals surface area contributed by atoms with E-state index in [1.165, 1.54) is 11.8 Å². The van der Waals surface area contributed by atoms with E-state index in [4.69, 9.17) is 37.7 Å². The van der Waals surface area contributed by atoms with Gasteiger partial charge in [-0.25, -0.2) is 23.8 Å². The second-order valence-corrected chi connectivity index (χ2v) is 18.9. The summed E-state index contributed by atoms with van der Waals surface area (Å²) in [4.78, 5) is 50.4. The van der Waals surface area contributed by atoms with Crippen molar-refractivity contribution in [1.82, 2.24) is 19.5 Å². The lowest BCUT2D eigenvalue weighted by Gasteiger charge is -2.26.